The van der Waals surface area contributed by atoms with E-state index in [1.54, 1.807) is 11.3 Å². The second kappa shape index (κ2) is 2.59. The van der Waals surface area contributed by atoms with E-state index in [4.69, 9.17) is 10.5 Å². The van der Waals surface area contributed by atoms with Crippen molar-refractivity contribution in [3.63, 3.8) is 0 Å². The summed E-state index contributed by atoms with van der Waals surface area (Å²) in [4.78, 5) is 2.63. The van der Waals surface area contributed by atoms with Crippen molar-refractivity contribution in [1.29, 1.82) is 0 Å². The zero-order valence-electron chi connectivity index (χ0n) is 6.46. The number of nitrogens with two attached hydrogens (primary N) is 1. The Balaban J connectivity index is 2.34. The van der Waals surface area contributed by atoms with Gasteiger partial charge in [-0.2, -0.15) is 0 Å². The van der Waals surface area contributed by atoms with Gasteiger partial charge in [-0.1, -0.05) is 0 Å². The van der Waals surface area contributed by atoms with Gasteiger partial charge in [0.1, 0.15) is 0 Å². The Morgan fingerprint density at radius 2 is 2.45 bits per heavy atom. The Kier molecular flexibility index (Phi) is 1.71. The summed E-state index contributed by atoms with van der Waals surface area (Å²) in [5, 5.41) is 0. The van der Waals surface area contributed by atoms with Gasteiger partial charge < -0.3 is 10.5 Å². The second-order valence-electron chi connectivity index (χ2n) is 2.88. The fourth-order valence-electron chi connectivity index (χ4n) is 1.21. The van der Waals surface area contributed by atoms with Crippen molar-refractivity contribution in [2.24, 2.45) is 5.73 Å². The van der Waals surface area contributed by atoms with Crippen LogP contribution in [-0.2, 0) is 18.0 Å². The third kappa shape index (κ3) is 1.20. The standard InChI is InChI=1S/C8H11NOS/c1-5(9)7-2-6-3-10-4-8(6)11-7/h2,5H,3-4,9H2,1H3. The van der Waals surface area contributed by atoms with Gasteiger partial charge in [0.15, 0.2) is 0 Å². The first kappa shape index (κ1) is 7.28. The molecule has 0 saturated carbocycles. The molecule has 1 atom stereocenters. The van der Waals surface area contributed by atoms with E-state index in [2.05, 4.69) is 6.07 Å². The SMILES string of the molecule is CC(N)c1cc2c(s1)COC2. The van der Waals surface area contributed by atoms with E-state index in [0.717, 1.165) is 13.2 Å². The van der Waals surface area contributed by atoms with Crippen LogP contribution in [0.2, 0.25) is 0 Å². The number of rotatable bonds is 1. The summed E-state index contributed by atoms with van der Waals surface area (Å²) in [5.41, 5.74) is 7.08. The lowest BCUT2D eigenvalue weighted by atomic mass is 10.2. The zero-order valence-corrected chi connectivity index (χ0v) is 7.28. The van der Waals surface area contributed by atoms with Crippen LogP contribution in [0.5, 0.6) is 0 Å². The van der Waals surface area contributed by atoms with Crippen LogP contribution < -0.4 is 5.73 Å². The molecule has 1 aromatic heterocycles. The van der Waals surface area contributed by atoms with Crippen molar-refractivity contribution >= 4 is 11.3 Å². The first-order valence-electron chi connectivity index (χ1n) is 3.72. The highest BCUT2D eigenvalue weighted by molar-refractivity contribution is 7.12. The number of ether oxygens (including phenoxy) is 1. The smallest absolute Gasteiger partial charge is 0.0817 e. The van der Waals surface area contributed by atoms with Crippen LogP contribution >= 0.6 is 11.3 Å². The molecule has 2 rings (SSSR count). The van der Waals surface area contributed by atoms with Gasteiger partial charge in [-0.05, 0) is 18.6 Å². The van der Waals surface area contributed by atoms with Crippen molar-refractivity contribution < 1.29 is 4.74 Å². The molecule has 0 radical (unpaired) electrons. The summed E-state index contributed by atoms with van der Waals surface area (Å²) in [6.45, 7) is 3.58. The van der Waals surface area contributed by atoms with Crippen LogP contribution in [-0.4, -0.2) is 0 Å². The fourth-order valence-corrected chi connectivity index (χ4v) is 2.27. The third-order valence-electron chi connectivity index (χ3n) is 1.86. The lowest BCUT2D eigenvalue weighted by molar-refractivity contribution is 0.135. The maximum Gasteiger partial charge on any atom is 0.0817 e. The molecule has 60 valence electrons. The second-order valence-corrected chi connectivity index (χ2v) is 4.05. The van der Waals surface area contributed by atoms with Crippen molar-refractivity contribution in [2.45, 2.75) is 26.2 Å². The Labute approximate surface area is 70.0 Å². The first-order chi connectivity index (χ1) is 5.27. The van der Waals surface area contributed by atoms with E-state index in [1.165, 1.54) is 15.3 Å². The van der Waals surface area contributed by atoms with Gasteiger partial charge in [-0.15, -0.1) is 11.3 Å². The molecule has 2 heterocycles. The summed E-state index contributed by atoms with van der Waals surface area (Å²) in [6.07, 6.45) is 0. The Bertz CT molecular complexity index is 246. The minimum Gasteiger partial charge on any atom is -0.371 e. The van der Waals surface area contributed by atoms with Gasteiger partial charge in [-0.25, -0.2) is 0 Å². The minimum atomic E-state index is 0.172. The third-order valence-corrected chi connectivity index (χ3v) is 3.21. The molecule has 0 spiro atoms. The maximum atomic E-state index is 5.74. The number of hydrogen-bond donors (Lipinski definition) is 1. The lowest BCUT2D eigenvalue weighted by Crippen LogP contribution is -2.02. The molecule has 1 unspecified atom stereocenters. The van der Waals surface area contributed by atoms with E-state index >= 15 is 0 Å². The number of fused-ring (bicyclic) bond motifs is 1. The van der Waals surface area contributed by atoms with Crippen LogP contribution in [0, 0.1) is 0 Å². The number of thiophene rings is 1. The van der Waals surface area contributed by atoms with Gasteiger partial charge in [0.05, 0.1) is 13.2 Å². The average molecular weight is 169 g/mol. The van der Waals surface area contributed by atoms with Crippen LogP contribution in [0.4, 0.5) is 0 Å². The van der Waals surface area contributed by atoms with Gasteiger partial charge in [0, 0.05) is 15.8 Å². The molecule has 0 amide bonds. The van der Waals surface area contributed by atoms with Crippen molar-refractivity contribution in [3.05, 3.63) is 21.4 Å². The van der Waals surface area contributed by atoms with Crippen molar-refractivity contribution in [2.75, 3.05) is 0 Å². The molecular weight excluding hydrogens is 158 g/mol. The van der Waals surface area contributed by atoms with Gasteiger partial charge in [-0.3, -0.25) is 0 Å². The summed E-state index contributed by atoms with van der Waals surface area (Å²) in [6, 6.07) is 2.34. The summed E-state index contributed by atoms with van der Waals surface area (Å²) in [7, 11) is 0. The Morgan fingerprint density at radius 3 is 3.09 bits per heavy atom. The fraction of sp³-hybridized carbons (Fsp3) is 0.500. The highest BCUT2D eigenvalue weighted by atomic mass is 32.1. The number of hydrogen-bond acceptors (Lipinski definition) is 3. The topological polar surface area (TPSA) is 35.2 Å². The molecule has 2 nitrogen and oxygen atoms in total. The van der Waals surface area contributed by atoms with Crippen LogP contribution in [0.15, 0.2) is 6.07 Å². The predicted octanol–water partition coefficient (Wildman–Crippen LogP) is 1.80. The summed E-state index contributed by atoms with van der Waals surface area (Å²) < 4.78 is 5.26. The summed E-state index contributed by atoms with van der Waals surface area (Å²) >= 11 is 1.78. The molecule has 0 aromatic carbocycles. The minimum absolute atomic E-state index is 0.172. The van der Waals surface area contributed by atoms with Crippen LogP contribution in [0.1, 0.15) is 28.3 Å². The monoisotopic (exact) mass is 169 g/mol. The maximum absolute atomic E-state index is 5.74. The van der Waals surface area contributed by atoms with E-state index in [1.807, 2.05) is 6.92 Å². The van der Waals surface area contributed by atoms with E-state index in [9.17, 15) is 0 Å². The molecule has 0 bridgehead atoms. The highest BCUT2D eigenvalue weighted by Gasteiger charge is 2.16. The van der Waals surface area contributed by atoms with Crippen molar-refractivity contribution in [3.8, 4) is 0 Å². The normalized spacial score (nSPS) is 18.4. The molecule has 11 heavy (non-hydrogen) atoms. The van der Waals surface area contributed by atoms with Gasteiger partial charge in [0.2, 0.25) is 0 Å². The molecule has 1 aliphatic heterocycles. The summed E-state index contributed by atoms with van der Waals surface area (Å²) in [5.74, 6) is 0. The van der Waals surface area contributed by atoms with Crippen LogP contribution in [0.25, 0.3) is 0 Å². The highest BCUT2D eigenvalue weighted by Crippen LogP contribution is 2.31. The predicted molar refractivity (Wildman–Crippen MR) is 45.4 cm³/mol. The largest absolute Gasteiger partial charge is 0.371 e. The first-order valence-corrected chi connectivity index (χ1v) is 4.54. The van der Waals surface area contributed by atoms with Crippen LogP contribution in [0.3, 0.4) is 0 Å². The molecule has 0 fully saturated rings. The van der Waals surface area contributed by atoms with E-state index in [-0.39, 0.29) is 6.04 Å². The van der Waals surface area contributed by atoms with E-state index < -0.39 is 0 Å². The van der Waals surface area contributed by atoms with Gasteiger partial charge >= 0.3 is 0 Å². The molecule has 0 aliphatic carbocycles. The quantitative estimate of drug-likeness (QED) is 0.695. The molecule has 3 heteroatoms. The molecule has 1 aliphatic rings. The van der Waals surface area contributed by atoms with E-state index in [0.29, 0.717) is 0 Å². The van der Waals surface area contributed by atoms with Gasteiger partial charge in [0.25, 0.3) is 0 Å². The molecule has 2 N–H and O–H groups in total. The Hall–Kier alpha value is -0.380. The zero-order chi connectivity index (χ0) is 7.84. The molecular formula is C8H11NOS. The van der Waals surface area contributed by atoms with Crippen molar-refractivity contribution in [1.82, 2.24) is 0 Å². The Morgan fingerprint density at radius 1 is 1.64 bits per heavy atom. The average Bonchev–Trinajstić information content (AvgIpc) is 2.40. The lowest BCUT2D eigenvalue weighted by Gasteiger charge is -1.98. The molecule has 1 aromatic rings. The molecule has 0 saturated heterocycles.